The molecule has 4 rings (SSSR count). The summed E-state index contributed by atoms with van der Waals surface area (Å²) in [6.45, 7) is 13.1. The van der Waals surface area contributed by atoms with Gasteiger partial charge in [-0.05, 0) is 55.1 Å². The molecule has 0 amide bonds. The van der Waals surface area contributed by atoms with Crippen molar-refractivity contribution in [2.24, 2.45) is 39.4 Å². The highest BCUT2D eigenvalue weighted by Gasteiger charge is 2.69. The number of hydrogen-bond donors (Lipinski definition) is 3. The van der Waals surface area contributed by atoms with Gasteiger partial charge in [0.1, 0.15) is 5.78 Å². The molecule has 8 atom stereocenters. The summed E-state index contributed by atoms with van der Waals surface area (Å²) in [6, 6.07) is 0. The van der Waals surface area contributed by atoms with Crippen molar-refractivity contribution in [2.45, 2.75) is 99.2 Å². The van der Waals surface area contributed by atoms with E-state index in [0.717, 1.165) is 5.57 Å². The predicted molar refractivity (Wildman–Crippen MR) is 137 cm³/mol. The molecule has 4 aliphatic carbocycles. The summed E-state index contributed by atoms with van der Waals surface area (Å²) in [5.74, 6) is -2.44. The number of ketones is 3. The molecule has 37 heavy (non-hydrogen) atoms. The Balaban J connectivity index is 1.80. The third-order valence-corrected chi connectivity index (χ3v) is 11.2. The zero-order chi connectivity index (χ0) is 27.9. The second kappa shape index (κ2) is 8.70. The number of aliphatic hydroxyl groups is 2. The molecule has 0 unspecified atom stereocenters. The maximum atomic E-state index is 14.0. The van der Waals surface area contributed by atoms with Crippen LogP contribution in [0.2, 0.25) is 0 Å². The molecule has 3 N–H and O–H groups in total. The van der Waals surface area contributed by atoms with Crippen molar-refractivity contribution in [1.82, 2.24) is 0 Å². The minimum Gasteiger partial charge on any atom is -0.481 e. The van der Waals surface area contributed by atoms with Gasteiger partial charge in [0.15, 0.2) is 11.6 Å². The molecular weight excluding hydrogens is 472 g/mol. The van der Waals surface area contributed by atoms with Gasteiger partial charge in [-0.3, -0.25) is 19.2 Å². The molecule has 0 aromatic carbocycles. The number of allylic oxidation sites excluding steroid dienone is 3. The Morgan fingerprint density at radius 3 is 2.30 bits per heavy atom. The van der Waals surface area contributed by atoms with E-state index in [2.05, 4.69) is 6.92 Å². The van der Waals surface area contributed by atoms with E-state index in [1.165, 1.54) is 13.0 Å². The van der Waals surface area contributed by atoms with E-state index < -0.39 is 45.8 Å². The quantitative estimate of drug-likeness (QED) is 0.472. The SMILES string of the molecule is C/C(=C\C(=O)C[C@H](C)C(=O)O)[C@@H]1C[C@H](O)[C@]2(C)C3=C(C(=O)C[C@]12C)[C@]1(C)CCC(=O)C(C)(C)[C@@H]1C[C@@H]3O. The van der Waals surface area contributed by atoms with Crippen molar-refractivity contribution in [3.63, 3.8) is 0 Å². The molecule has 0 aromatic rings. The number of carbonyl (C=O) groups is 4. The Labute approximate surface area is 219 Å². The molecule has 204 valence electrons. The molecule has 7 nitrogen and oxygen atoms in total. The highest BCUT2D eigenvalue weighted by Crippen LogP contribution is 2.71. The van der Waals surface area contributed by atoms with Crippen molar-refractivity contribution in [2.75, 3.05) is 0 Å². The van der Waals surface area contributed by atoms with Crippen LogP contribution in [0.5, 0.6) is 0 Å². The standard InChI is InChI=1S/C30H42O7/c1-15(10-17(31)11-16(2)26(36)37)18-12-23(35)30(7)25-19(32)13-21-27(3,4)22(34)8-9-28(21,5)24(25)20(33)14-29(18,30)6/h10,16,18-19,21,23,32,35H,8-9,11-14H2,1-7H3,(H,36,37)/b15-10+/t16-,18-,19-,21-,23-,28+,29+,30+/m0/s1. The lowest BCUT2D eigenvalue weighted by Crippen LogP contribution is -2.60. The number of carboxylic acid groups (broad SMARTS) is 1. The van der Waals surface area contributed by atoms with Gasteiger partial charge in [0.05, 0.1) is 18.1 Å². The normalized spacial score (nSPS) is 42.1. The van der Waals surface area contributed by atoms with Crippen LogP contribution in [0.25, 0.3) is 0 Å². The fourth-order valence-electron chi connectivity index (χ4n) is 8.77. The van der Waals surface area contributed by atoms with Crippen LogP contribution in [0.1, 0.15) is 87.0 Å². The Morgan fingerprint density at radius 2 is 1.70 bits per heavy atom. The molecule has 0 radical (unpaired) electrons. The van der Waals surface area contributed by atoms with Crippen molar-refractivity contribution in [3.8, 4) is 0 Å². The minimum absolute atomic E-state index is 0.0379. The second-order valence-electron chi connectivity index (χ2n) is 13.5. The summed E-state index contributed by atoms with van der Waals surface area (Å²) in [7, 11) is 0. The molecule has 0 aliphatic heterocycles. The van der Waals surface area contributed by atoms with E-state index in [1.807, 2.05) is 34.6 Å². The number of carboxylic acids is 1. The summed E-state index contributed by atoms with van der Waals surface area (Å²) in [5, 5.41) is 32.4. The smallest absolute Gasteiger partial charge is 0.306 e. The van der Waals surface area contributed by atoms with E-state index in [9.17, 15) is 29.4 Å². The monoisotopic (exact) mass is 514 g/mol. The first-order valence-corrected chi connectivity index (χ1v) is 13.5. The third-order valence-electron chi connectivity index (χ3n) is 11.2. The average molecular weight is 515 g/mol. The van der Waals surface area contributed by atoms with Crippen molar-refractivity contribution in [1.29, 1.82) is 0 Å². The molecule has 0 aromatic heterocycles. The molecule has 7 heteroatoms. The van der Waals surface area contributed by atoms with Crippen LogP contribution < -0.4 is 0 Å². The van der Waals surface area contributed by atoms with Crippen LogP contribution in [0.15, 0.2) is 22.8 Å². The van der Waals surface area contributed by atoms with Crippen molar-refractivity contribution in [3.05, 3.63) is 22.8 Å². The topological polar surface area (TPSA) is 129 Å². The fourth-order valence-corrected chi connectivity index (χ4v) is 8.77. The first-order valence-electron chi connectivity index (χ1n) is 13.5. The first-order chi connectivity index (χ1) is 16.9. The molecule has 2 saturated carbocycles. The average Bonchev–Trinajstić information content (AvgIpc) is 2.99. The van der Waals surface area contributed by atoms with Gasteiger partial charge in [0.2, 0.25) is 0 Å². The maximum Gasteiger partial charge on any atom is 0.306 e. The number of rotatable bonds is 5. The van der Waals surface area contributed by atoms with Gasteiger partial charge >= 0.3 is 5.97 Å². The van der Waals surface area contributed by atoms with Crippen molar-refractivity contribution < 1.29 is 34.5 Å². The Bertz CT molecular complexity index is 1130. The highest BCUT2D eigenvalue weighted by atomic mass is 16.4. The summed E-state index contributed by atoms with van der Waals surface area (Å²) in [5.41, 5.74) is -0.855. The van der Waals surface area contributed by atoms with Crippen LogP contribution in [0, 0.1) is 39.4 Å². The van der Waals surface area contributed by atoms with E-state index in [0.29, 0.717) is 36.8 Å². The van der Waals surface area contributed by atoms with Gasteiger partial charge in [-0.2, -0.15) is 0 Å². The number of Topliss-reactive ketones (excluding diaryl/α,β-unsaturated/α-hetero) is 2. The number of fused-ring (bicyclic) bond motifs is 4. The maximum absolute atomic E-state index is 14.0. The van der Waals surface area contributed by atoms with E-state index in [1.54, 1.807) is 0 Å². The second-order valence-corrected chi connectivity index (χ2v) is 13.5. The Hall–Kier alpha value is -2.12. The van der Waals surface area contributed by atoms with Crippen LogP contribution in [-0.2, 0) is 19.2 Å². The zero-order valence-corrected chi connectivity index (χ0v) is 23.2. The number of aliphatic carboxylic acids is 1. The van der Waals surface area contributed by atoms with E-state index >= 15 is 0 Å². The van der Waals surface area contributed by atoms with Gasteiger partial charge in [-0.1, -0.05) is 47.1 Å². The largest absolute Gasteiger partial charge is 0.481 e. The third kappa shape index (κ3) is 3.75. The summed E-state index contributed by atoms with van der Waals surface area (Å²) < 4.78 is 0. The van der Waals surface area contributed by atoms with Crippen LogP contribution in [0.4, 0.5) is 0 Å². The minimum atomic E-state index is -1.03. The van der Waals surface area contributed by atoms with Gasteiger partial charge < -0.3 is 15.3 Å². The zero-order valence-electron chi connectivity index (χ0n) is 23.2. The first kappa shape index (κ1) is 27.9. The van der Waals surface area contributed by atoms with E-state index in [-0.39, 0.29) is 42.0 Å². The van der Waals surface area contributed by atoms with Gasteiger partial charge in [-0.25, -0.2) is 0 Å². The van der Waals surface area contributed by atoms with E-state index in [4.69, 9.17) is 5.11 Å². The van der Waals surface area contributed by atoms with Crippen LogP contribution >= 0.6 is 0 Å². The number of carbonyl (C=O) groups excluding carboxylic acids is 3. The van der Waals surface area contributed by atoms with Gasteiger partial charge in [-0.15, -0.1) is 0 Å². The summed E-state index contributed by atoms with van der Waals surface area (Å²) in [4.78, 5) is 50.7. The Morgan fingerprint density at radius 1 is 1.08 bits per heavy atom. The lowest BCUT2D eigenvalue weighted by atomic mass is 9.42. The van der Waals surface area contributed by atoms with Gasteiger partial charge in [0, 0.05) is 41.1 Å². The van der Waals surface area contributed by atoms with Gasteiger partial charge in [0.25, 0.3) is 0 Å². The molecule has 0 heterocycles. The molecule has 0 spiro atoms. The fraction of sp³-hybridized carbons (Fsp3) is 0.733. The number of hydrogen-bond acceptors (Lipinski definition) is 6. The summed E-state index contributed by atoms with van der Waals surface area (Å²) in [6.07, 6.45) is 1.42. The number of aliphatic hydroxyl groups excluding tert-OH is 2. The summed E-state index contributed by atoms with van der Waals surface area (Å²) >= 11 is 0. The molecule has 0 saturated heterocycles. The molecular formula is C30H42O7. The Kier molecular flexibility index (Phi) is 6.56. The molecule has 2 fully saturated rings. The van der Waals surface area contributed by atoms with Crippen LogP contribution in [0.3, 0.4) is 0 Å². The lowest BCUT2D eigenvalue weighted by Gasteiger charge is -2.61. The predicted octanol–water partition coefficient (Wildman–Crippen LogP) is 4.05. The molecule has 4 aliphatic rings. The lowest BCUT2D eigenvalue weighted by molar-refractivity contribution is -0.145. The molecule has 0 bridgehead atoms. The van der Waals surface area contributed by atoms with Crippen LogP contribution in [-0.4, -0.2) is 50.8 Å². The van der Waals surface area contributed by atoms with Crippen molar-refractivity contribution >= 4 is 23.3 Å². The highest BCUT2D eigenvalue weighted by molar-refractivity contribution is 6.01.